The molecule has 0 radical (unpaired) electrons. The lowest BCUT2D eigenvalue weighted by Crippen LogP contribution is -2.25. The third-order valence-corrected chi connectivity index (χ3v) is 1.97. The Hall–Kier alpha value is -1.75. The molecule has 15 heavy (non-hydrogen) atoms. The van der Waals surface area contributed by atoms with Crippen molar-refractivity contribution in [3.8, 4) is 5.75 Å². The van der Waals surface area contributed by atoms with Crippen molar-refractivity contribution in [3.05, 3.63) is 23.8 Å². The van der Waals surface area contributed by atoms with Crippen LogP contribution in [0, 0.1) is 0 Å². The molecule has 5 nitrogen and oxygen atoms in total. The summed E-state index contributed by atoms with van der Waals surface area (Å²) in [5.74, 6) is 0.269. The molecule has 1 aromatic rings. The van der Waals surface area contributed by atoms with E-state index in [1.165, 1.54) is 21.3 Å². The standard InChI is InChI=1S/C10H14N2O3/c1-12(15-3)10(13)7-4-8(11)6-9(5-7)14-2/h4-6H,11H2,1-3H3. The lowest BCUT2D eigenvalue weighted by Gasteiger charge is -2.14. The number of methoxy groups -OCH3 is 1. The zero-order valence-electron chi connectivity index (χ0n) is 8.98. The molecule has 1 amide bonds. The molecule has 0 atom stereocenters. The van der Waals surface area contributed by atoms with Crippen molar-refractivity contribution in [2.75, 3.05) is 27.0 Å². The summed E-state index contributed by atoms with van der Waals surface area (Å²) < 4.78 is 5.01. The fourth-order valence-corrected chi connectivity index (χ4v) is 1.13. The van der Waals surface area contributed by atoms with E-state index in [0.29, 0.717) is 17.0 Å². The zero-order chi connectivity index (χ0) is 11.4. The van der Waals surface area contributed by atoms with Crippen molar-refractivity contribution in [1.29, 1.82) is 0 Å². The molecule has 0 fully saturated rings. The van der Waals surface area contributed by atoms with E-state index in [4.69, 9.17) is 15.3 Å². The summed E-state index contributed by atoms with van der Waals surface area (Å²) in [4.78, 5) is 16.5. The molecule has 0 aliphatic carbocycles. The first-order chi connectivity index (χ1) is 7.08. The van der Waals surface area contributed by atoms with Crippen molar-refractivity contribution in [1.82, 2.24) is 5.06 Å². The van der Waals surface area contributed by atoms with E-state index in [-0.39, 0.29) is 5.91 Å². The number of anilines is 1. The highest BCUT2D eigenvalue weighted by Crippen LogP contribution is 2.19. The van der Waals surface area contributed by atoms with Gasteiger partial charge in [0.2, 0.25) is 0 Å². The first-order valence-electron chi connectivity index (χ1n) is 4.35. The Morgan fingerprint density at radius 2 is 2.00 bits per heavy atom. The SMILES string of the molecule is COc1cc(N)cc(C(=O)N(C)OC)c1. The summed E-state index contributed by atoms with van der Waals surface area (Å²) >= 11 is 0. The number of carbonyl (C=O) groups is 1. The van der Waals surface area contributed by atoms with Gasteiger partial charge in [-0.15, -0.1) is 0 Å². The molecule has 2 N–H and O–H groups in total. The summed E-state index contributed by atoms with van der Waals surface area (Å²) in [6.45, 7) is 0. The van der Waals surface area contributed by atoms with Gasteiger partial charge in [-0.2, -0.15) is 0 Å². The smallest absolute Gasteiger partial charge is 0.277 e. The van der Waals surface area contributed by atoms with E-state index in [0.717, 1.165) is 5.06 Å². The molecule has 82 valence electrons. The van der Waals surface area contributed by atoms with Gasteiger partial charge in [0.15, 0.2) is 0 Å². The number of hydrogen-bond acceptors (Lipinski definition) is 4. The maximum absolute atomic E-state index is 11.7. The van der Waals surface area contributed by atoms with Crippen molar-refractivity contribution in [2.45, 2.75) is 0 Å². The molecule has 0 aliphatic heterocycles. The molecule has 1 rings (SSSR count). The number of nitrogens with zero attached hydrogens (tertiary/aromatic N) is 1. The largest absolute Gasteiger partial charge is 0.497 e. The second-order valence-corrected chi connectivity index (χ2v) is 2.98. The Balaban J connectivity index is 3.03. The number of nitrogens with two attached hydrogens (primary N) is 1. The quantitative estimate of drug-likeness (QED) is 0.595. The highest BCUT2D eigenvalue weighted by atomic mass is 16.7. The summed E-state index contributed by atoms with van der Waals surface area (Å²) in [6, 6.07) is 4.82. The predicted molar refractivity (Wildman–Crippen MR) is 56.5 cm³/mol. The lowest BCUT2D eigenvalue weighted by molar-refractivity contribution is -0.0757. The first-order valence-corrected chi connectivity index (χ1v) is 4.35. The molecule has 1 aromatic carbocycles. The first kappa shape index (κ1) is 11.3. The van der Waals surface area contributed by atoms with Gasteiger partial charge in [-0.25, -0.2) is 5.06 Å². The molecule has 0 heterocycles. The Kier molecular flexibility index (Phi) is 3.51. The number of hydrogen-bond donors (Lipinski definition) is 1. The van der Waals surface area contributed by atoms with Crippen LogP contribution in [0.15, 0.2) is 18.2 Å². The van der Waals surface area contributed by atoms with Crippen LogP contribution in [-0.2, 0) is 4.84 Å². The van der Waals surface area contributed by atoms with E-state index in [9.17, 15) is 4.79 Å². The van der Waals surface area contributed by atoms with Crippen LogP contribution in [0.25, 0.3) is 0 Å². The number of amides is 1. The number of rotatable bonds is 3. The Morgan fingerprint density at radius 3 is 2.53 bits per heavy atom. The highest BCUT2D eigenvalue weighted by molar-refractivity contribution is 5.94. The molecule has 0 bridgehead atoms. The lowest BCUT2D eigenvalue weighted by atomic mass is 10.2. The average Bonchev–Trinajstić information content (AvgIpc) is 2.26. The van der Waals surface area contributed by atoms with Crippen molar-refractivity contribution >= 4 is 11.6 Å². The summed E-state index contributed by atoms with van der Waals surface area (Å²) in [7, 11) is 4.46. The molecular formula is C10H14N2O3. The molecule has 0 saturated heterocycles. The number of nitrogen functional groups attached to an aromatic ring is 1. The maximum Gasteiger partial charge on any atom is 0.277 e. The molecule has 0 aromatic heterocycles. The number of hydroxylamine groups is 2. The van der Waals surface area contributed by atoms with Crippen LogP contribution in [0.5, 0.6) is 5.75 Å². The summed E-state index contributed by atoms with van der Waals surface area (Å²) in [5, 5.41) is 1.12. The van der Waals surface area contributed by atoms with Crippen molar-refractivity contribution in [2.24, 2.45) is 0 Å². The van der Waals surface area contributed by atoms with Crippen LogP contribution in [0.2, 0.25) is 0 Å². The summed E-state index contributed by atoms with van der Waals surface area (Å²) in [6.07, 6.45) is 0. The van der Waals surface area contributed by atoms with Crippen LogP contribution >= 0.6 is 0 Å². The van der Waals surface area contributed by atoms with Gasteiger partial charge < -0.3 is 10.5 Å². The van der Waals surface area contributed by atoms with Crippen molar-refractivity contribution < 1.29 is 14.4 Å². The second-order valence-electron chi connectivity index (χ2n) is 2.98. The van der Waals surface area contributed by atoms with Crippen LogP contribution in [0.4, 0.5) is 5.69 Å². The van der Waals surface area contributed by atoms with Gasteiger partial charge in [0.25, 0.3) is 5.91 Å². The van der Waals surface area contributed by atoms with Gasteiger partial charge >= 0.3 is 0 Å². The molecule has 0 spiro atoms. The van der Waals surface area contributed by atoms with E-state index in [1.807, 2.05) is 0 Å². The minimum Gasteiger partial charge on any atom is -0.497 e. The van der Waals surface area contributed by atoms with E-state index in [1.54, 1.807) is 18.2 Å². The highest BCUT2D eigenvalue weighted by Gasteiger charge is 2.12. The Labute approximate surface area is 88.3 Å². The van der Waals surface area contributed by atoms with Gasteiger partial charge in [0, 0.05) is 24.4 Å². The second kappa shape index (κ2) is 4.65. The van der Waals surface area contributed by atoms with E-state index in [2.05, 4.69) is 0 Å². The van der Waals surface area contributed by atoms with E-state index < -0.39 is 0 Å². The predicted octanol–water partition coefficient (Wildman–Crippen LogP) is 0.911. The normalized spacial score (nSPS) is 9.80. The van der Waals surface area contributed by atoms with Crippen LogP contribution in [-0.4, -0.2) is 32.2 Å². The van der Waals surface area contributed by atoms with Gasteiger partial charge in [-0.05, 0) is 12.1 Å². The van der Waals surface area contributed by atoms with Gasteiger partial charge in [0.05, 0.1) is 14.2 Å². The molecular weight excluding hydrogens is 196 g/mol. The van der Waals surface area contributed by atoms with Crippen molar-refractivity contribution in [3.63, 3.8) is 0 Å². The number of ether oxygens (including phenoxy) is 1. The third kappa shape index (κ3) is 2.60. The fraction of sp³-hybridized carbons (Fsp3) is 0.300. The minimum atomic E-state index is -0.275. The third-order valence-electron chi connectivity index (χ3n) is 1.97. The fourth-order valence-electron chi connectivity index (χ4n) is 1.13. The van der Waals surface area contributed by atoms with Crippen LogP contribution in [0.1, 0.15) is 10.4 Å². The Bertz CT molecular complexity index is 366. The number of benzene rings is 1. The van der Waals surface area contributed by atoms with Gasteiger partial charge in [0.1, 0.15) is 5.75 Å². The van der Waals surface area contributed by atoms with E-state index >= 15 is 0 Å². The summed E-state index contributed by atoms with van der Waals surface area (Å²) in [5.41, 5.74) is 6.52. The zero-order valence-corrected chi connectivity index (χ0v) is 8.98. The maximum atomic E-state index is 11.7. The monoisotopic (exact) mass is 210 g/mol. The number of carbonyl (C=O) groups excluding carboxylic acids is 1. The van der Waals surface area contributed by atoms with Gasteiger partial charge in [-0.1, -0.05) is 0 Å². The van der Waals surface area contributed by atoms with Gasteiger partial charge in [-0.3, -0.25) is 9.63 Å². The Morgan fingerprint density at radius 1 is 1.33 bits per heavy atom. The molecule has 0 aliphatic rings. The molecule has 0 saturated carbocycles. The van der Waals surface area contributed by atoms with Crippen LogP contribution < -0.4 is 10.5 Å². The topological polar surface area (TPSA) is 64.8 Å². The molecule has 0 unspecified atom stereocenters. The molecule has 5 heteroatoms. The average molecular weight is 210 g/mol. The van der Waals surface area contributed by atoms with Crippen LogP contribution in [0.3, 0.4) is 0 Å². The minimum absolute atomic E-state index is 0.275.